The smallest absolute Gasteiger partial charge is 0.243 e. The van der Waals surface area contributed by atoms with E-state index in [1.807, 2.05) is 0 Å². The van der Waals surface area contributed by atoms with Crippen LogP contribution >= 0.6 is 23.2 Å². The summed E-state index contributed by atoms with van der Waals surface area (Å²) in [7, 11) is 1.59. The predicted molar refractivity (Wildman–Crippen MR) is 89.5 cm³/mol. The normalized spacial score (nSPS) is 10.0. The summed E-state index contributed by atoms with van der Waals surface area (Å²) in [5, 5.41) is 12.3. The van der Waals surface area contributed by atoms with Crippen molar-refractivity contribution in [3.63, 3.8) is 0 Å². The van der Waals surface area contributed by atoms with Crippen LogP contribution in [0.2, 0.25) is 10.0 Å². The van der Waals surface area contributed by atoms with Gasteiger partial charge < -0.3 is 10.2 Å². The molecule has 2 aromatic rings. The highest BCUT2D eigenvalue weighted by Crippen LogP contribution is 2.30. The first kappa shape index (κ1) is 17.1. The molecular weight excluding hydrogens is 340 g/mol. The van der Waals surface area contributed by atoms with Crippen molar-refractivity contribution in [2.24, 2.45) is 0 Å². The second-order valence-corrected chi connectivity index (χ2v) is 5.56. The first-order chi connectivity index (χ1) is 10.9. The number of nitriles is 1. The summed E-state index contributed by atoms with van der Waals surface area (Å²) in [6.45, 7) is -0.0975. The van der Waals surface area contributed by atoms with Crippen LogP contribution in [0.4, 0.5) is 15.8 Å². The van der Waals surface area contributed by atoms with Crippen molar-refractivity contribution < 1.29 is 9.18 Å². The molecule has 0 saturated heterocycles. The van der Waals surface area contributed by atoms with Crippen molar-refractivity contribution >= 4 is 40.5 Å². The van der Waals surface area contributed by atoms with Crippen LogP contribution in [0.25, 0.3) is 0 Å². The summed E-state index contributed by atoms with van der Waals surface area (Å²) in [5.41, 5.74) is 0.528. The highest BCUT2D eigenvalue weighted by Gasteiger charge is 2.16. The number of likely N-dealkylation sites (N-methyl/N-ethyl adjacent to an activating group) is 1. The van der Waals surface area contributed by atoms with Crippen molar-refractivity contribution in [1.29, 1.82) is 5.26 Å². The number of rotatable bonds is 4. The molecule has 23 heavy (non-hydrogen) atoms. The molecule has 0 bridgehead atoms. The van der Waals surface area contributed by atoms with Gasteiger partial charge in [0, 0.05) is 7.05 Å². The number of nitrogens with one attached hydrogen (secondary N) is 1. The van der Waals surface area contributed by atoms with E-state index in [4.69, 9.17) is 28.5 Å². The van der Waals surface area contributed by atoms with Gasteiger partial charge in [-0.2, -0.15) is 5.26 Å². The lowest BCUT2D eigenvalue weighted by atomic mass is 10.1. The summed E-state index contributed by atoms with van der Waals surface area (Å²) in [6.07, 6.45) is 0. The summed E-state index contributed by atoms with van der Waals surface area (Å²) in [6, 6.07) is 10.9. The van der Waals surface area contributed by atoms with Gasteiger partial charge in [-0.3, -0.25) is 4.79 Å². The number of benzene rings is 2. The van der Waals surface area contributed by atoms with E-state index in [1.54, 1.807) is 37.4 Å². The standard InChI is InChI=1S/C16H12Cl2FN3O/c1-22(14-7-3-6-13(19)10(14)8-20)9-15(23)21-16-11(17)4-2-5-12(16)18/h2-7H,9H2,1H3,(H,21,23). The van der Waals surface area contributed by atoms with Crippen molar-refractivity contribution in [2.75, 3.05) is 23.8 Å². The van der Waals surface area contributed by atoms with Gasteiger partial charge in [0.25, 0.3) is 0 Å². The molecular formula is C16H12Cl2FN3O. The third-order valence-corrected chi connectivity index (χ3v) is 3.75. The number of carbonyl (C=O) groups is 1. The Morgan fingerprint density at radius 1 is 1.26 bits per heavy atom. The van der Waals surface area contributed by atoms with Crippen LogP contribution in [0.5, 0.6) is 0 Å². The maximum atomic E-state index is 13.6. The van der Waals surface area contributed by atoms with E-state index in [2.05, 4.69) is 5.32 Å². The molecule has 2 rings (SSSR count). The third kappa shape index (κ3) is 3.92. The molecule has 0 atom stereocenters. The Labute approximate surface area is 143 Å². The first-order valence-corrected chi connectivity index (χ1v) is 7.33. The van der Waals surface area contributed by atoms with Gasteiger partial charge in [-0.05, 0) is 24.3 Å². The van der Waals surface area contributed by atoms with E-state index in [1.165, 1.54) is 17.0 Å². The summed E-state index contributed by atoms with van der Waals surface area (Å²) < 4.78 is 13.6. The van der Waals surface area contributed by atoms with Crippen molar-refractivity contribution in [2.45, 2.75) is 0 Å². The highest BCUT2D eigenvalue weighted by molar-refractivity contribution is 6.39. The molecule has 0 unspecified atom stereocenters. The average molecular weight is 352 g/mol. The van der Waals surface area contributed by atoms with Crippen molar-refractivity contribution in [3.8, 4) is 6.07 Å². The number of amides is 1. The van der Waals surface area contributed by atoms with Gasteiger partial charge in [-0.15, -0.1) is 0 Å². The van der Waals surface area contributed by atoms with Gasteiger partial charge in [0.2, 0.25) is 5.91 Å². The topological polar surface area (TPSA) is 56.1 Å². The van der Waals surface area contributed by atoms with Crippen LogP contribution < -0.4 is 10.2 Å². The van der Waals surface area contributed by atoms with Crippen molar-refractivity contribution in [3.05, 3.63) is 57.8 Å². The SMILES string of the molecule is CN(CC(=O)Nc1c(Cl)cccc1Cl)c1cccc(F)c1C#N. The minimum absolute atomic E-state index is 0.0975. The molecule has 0 heterocycles. The molecule has 118 valence electrons. The average Bonchev–Trinajstić information content (AvgIpc) is 2.50. The molecule has 0 aliphatic carbocycles. The second kappa shape index (κ2) is 7.32. The molecule has 0 fully saturated rings. The molecule has 0 aromatic heterocycles. The van der Waals surface area contributed by atoms with E-state index >= 15 is 0 Å². The zero-order chi connectivity index (χ0) is 17.0. The van der Waals surface area contributed by atoms with Crippen LogP contribution in [0.1, 0.15) is 5.56 Å². The van der Waals surface area contributed by atoms with Crippen LogP contribution in [0, 0.1) is 17.1 Å². The van der Waals surface area contributed by atoms with E-state index in [0.717, 1.165) is 0 Å². The molecule has 2 aromatic carbocycles. The van der Waals surface area contributed by atoms with Crippen LogP contribution in [0.15, 0.2) is 36.4 Å². The Morgan fingerprint density at radius 2 is 1.87 bits per heavy atom. The predicted octanol–water partition coefficient (Wildman–Crippen LogP) is 4.08. The lowest BCUT2D eigenvalue weighted by Gasteiger charge is -2.20. The lowest BCUT2D eigenvalue weighted by Crippen LogP contribution is -2.30. The zero-order valence-corrected chi connectivity index (χ0v) is 13.6. The van der Waals surface area contributed by atoms with Crippen molar-refractivity contribution in [1.82, 2.24) is 0 Å². The molecule has 1 amide bonds. The Balaban J connectivity index is 2.15. The minimum atomic E-state index is -0.633. The Hall–Kier alpha value is -2.29. The quantitative estimate of drug-likeness (QED) is 0.902. The number of anilines is 2. The minimum Gasteiger partial charge on any atom is -0.364 e. The molecule has 0 saturated carbocycles. The number of carbonyl (C=O) groups excluding carboxylic acids is 1. The number of hydrogen-bond acceptors (Lipinski definition) is 3. The maximum Gasteiger partial charge on any atom is 0.243 e. The van der Waals surface area contributed by atoms with Crippen LogP contribution in [0.3, 0.4) is 0 Å². The fourth-order valence-corrected chi connectivity index (χ4v) is 2.53. The number of halogens is 3. The fraction of sp³-hybridized carbons (Fsp3) is 0.125. The van der Waals surface area contributed by atoms with Crippen LogP contribution in [-0.2, 0) is 4.79 Å². The largest absolute Gasteiger partial charge is 0.364 e. The van der Waals surface area contributed by atoms with E-state index in [0.29, 0.717) is 21.4 Å². The number of hydrogen-bond donors (Lipinski definition) is 1. The third-order valence-electron chi connectivity index (χ3n) is 3.12. The highest BCUT2D eigenvalue weighted by atomic mass is 35.5. The van der Waals surface area contributed by atoms with E-state index in [9.17, 15) is 9.18 Å². The Morgan fingerprint density at radius 3 is 2.48 bits per heavy atom. The molecule has 0 spiro atoms. The zero-order valence-electron chi connectivity index (χ0n) is 12.1. The monoisotopic (exact) mass is 351 g/mol. The molecule has 0 aliphatic rings. The summed E-state index contributed by atoms with van der Waals surface area (Å²) in [4.78, 5) is 13.6. The maximum absolute atomic E-state index is 13.6. The van der Waals surface area contributed by atoms with Crippen LogP contribution in [-0.4, -0.2) is 19.5 Å². The summed E-state index contributed by atoms with van der Waals surface area (Å²) in [5.74, 6) is -1.03. The Bertz CT molecular complexity index is 769. The fourth-order valence-electron chi connectivity index (χ4n) is 2.04. The lowest BCUT2D eigenvalue weighted by molar-refractivity contribution is -0.114. The number of para-hydroxylation sites is 1. The molecule has 4 nitrogen and oxygen atoms in total. The van der Waals surface area contributed by atoms with E-state index in [-0.39, 0.29) is 12.1 Å². The van der Waals surface area contributed by atoms with Gasteiger partial charge in [0.05, 0.1) is 28.0 Å². The van der Waals surface area contributed by atoms with Gasteiger partial charge in [-0.1, -0.05) is 35.3 Å². The molecule has 1 N–H and O–H groups in total. The Kier molecular flexibility index (Phi) is 5.43. The van der Waals surface area contributed by atoms with Gasteiger partial charge >= 0.3 is 0 Å². The van der Waals surface area contributed by atoms with E-state index < -0.39 is 11.7 Å². The molecule has 0 aliphatic heterocycles. The van der Waals surface area contributed by atoms with Gasteiger partial charge in [-0.25, -0.2) is 4.39 Å². The first-order valence-electron chi connectivity index (χ1n) is 6.57. The number of nitrogens with zero attached hydrogens (tertiary/aromatic N) is 2. The summed E-state index contributed by atoms with van der Waals surface area (Å²) >= 11 is 12.0. The molecule has 7 heteroatoms. The second-order valence-electron chi connectivity index (χ2n) is 4.75. The van der Waals surface area contributed by atoms with Gasteiger partial charge in [0.1, 0.15) is 17.4 Å². The molecule has 0 radical (unpaired) electrons. The van der Waals surface area contributed by atoms with Gasteiger partial charge in [0.15, 0.2) is 0 Å².